The van der Waals surface area contributed by atoms with Crippen LogP contribution in [0.15, 0.2) is 0 Å². The van der Waals surface area contributed by atoms with Gasteiger partial charge >= 0.3 is 59.1 Å². The molecule has 0 aliphatic carbocycles. The Labute approximate surface area is 181 Å². The minimum atomic E-state index is -1.53. The zero-order chi connectivity index (χ0) is 15.7. The number of hydrogen-bond acceptors (Lipinski definition) is 10. The molecule has 130 valence electrons. The largest absolute Gasteiger partial charge is 1.00 e. The molecule has 0 aliphatic heterocycles. The van der Waals surface area contributed by atoms with Crippen LogP contribution in [-0.2, 0) is 19.2 Å². The van der Waals surface area contributed by atoms with Crippen molar-refractivity contribution in [2.45, 2.75) is 0 Å². The first-order chi connectivity index (χ1) is 9.20. The van der Waals surface area contributed by atoms with Crippen molar-refractivity contribution in [3.05, 3.63) is 0 Å². The van der Waals surface area contributed by atoms with Crippen LogP contribution in [0.3, 0.4) is 0 Å². The maximum atomic E-state index is 10.4. The van der Waals surface area contributed by atoms with Crippen molar-refractivity contribution < 1.29 is 110 Å². The van der Waals surface area contributed by atoms with Gasteiger partial charge in [-0.25, -0.2) is 0 Å². The molecule has 14 heteroatoms. The van der Waals surface area contributed by atoms with Crippen molar-refractivity contribution in [3.8, 4) is 0 Å². The number of hydrogen-bond donors (Lipinski definition) is 0. The normalized spacial score (nSPS) is 8.92. The molecular formula is C10H16N2Na2O10-2. The molecule has 0 saturated heterocycles. The third-order valence-corrected chi connectivity index (χ3v) is 2.14. The molecule has 0 saturated carbocycles. The minimum Gasteiger partial charge on any atom is -0.549 e. The Morgan fingerprint density at radius 3 is 0.833 bits per heavy atom. The molecule has 24 heavy (non-hydrogen) atoms. The summed E-state index contributed by atoms with van der Waals surface area (Å²) in [5.41, 5.74) is 0. The fourth-order valence-corrected chi connectivity index (χ4v) is 1.44. The molecule has 0 spiro atoms. The molecule has 0 fully saturated rings. The smallest absolute Gasteiger partial charge is 0.549 e. The van der Waals surface area contributed by atoms with Crippen LogP contribution in [-0.4, -0.2) is 83.9 Å². The summed E-state index contributed by atoms with van der Waals surface area (Å²) < 4.78 is 0. The quantitative estimate of drug-likeness (QED) is 0.311. The van der Waals surface area contributed by atoms with Crippen molar-refractivity contribution in [1.82, 2.24) is 9.80 Å². The second kappa shape index (κ2) is 19.1. The summed E-state index contributed by atoms with van der Waals surface area (Å²) in [6, 6.07) is 0. The van der Waals surface area contributed by atoms with Crippen LogP contribution in [0.5, 0.6) is 0 Å². The standard InChI is InChI=1S/C10H16N2O8.2Na.2H2O/c13-7(14)3-11(4-8(15)16)1-2-12(5-9(17)18)6-10(19)20;;;;/h1-6H2,(H,13,14)(H,15,16)(H,17,18)(H,19,20);;;2*1H2/q;2*+1;;/p-4. The first-order valence-electron chi connectivity index (χ1n) is 5.44. The second-order valence-corrected chi connectivity index (χ2v) is 3.91. The van der Waals surface area contributed by atoms with Gasteiger partial charge in [0.2, 0.25) is 0 Å². The van der Waals surface area contributed by atoms with Crippen molar-refractivity contribution in [1.29, 1.82) is 0 Å². The van der Waals surface area contributed by atoms with Crippen molar-refractivity contribution in [2.24, 2.45) is 0 Å². The number of carbonyl (C=O) groups is 4. The van der Waals surface area contributed by atoms with Gasteiger partial charge in [0, 0.05) is 39.3 Å². The molecule has 0 aromatic heterocycles. The van der Waals surface area contributed by atoms with Gasteiger partial charge in [0.05, 0.1) is 23.9 Å². The minimum absolute atomic E-state index is 0. The molecule has 0 aliphatic rings. The first-order valence-corrected chi connectivity index (χ1v) is 5.44. The summed E-state index contributed by atoms with van der Waals surface area (Å²) in [7, 11) is 0. The Kier molecular flexibility index (Phi) is 27.7. The van der Waals surface area contributed by atoms with E-state index in [1.165, 1.54) is 0 Å². The number of carboxylic acids is 4. The predicted molar refractivity (Wildman–Crippen MR) is 60.1 cm³/mol. The summed E-state index contributed by atoms with van der Waals surface area (Å²) in [5.74, 6) is -6.12. The Morgan fingerprint density at radius 2 is 0.708 bits per heavy atom. The van der Waals surface area contributed by atoms with Crippen LogP contribution in [0.1, 0.15) is 0 Å². The molecule has 12 nitrogen and oxygen atoms in total. The summed E-state index contributed by atoms with van der Waals surface area (Å²) in [6.07, 6.45) is 0. The van der Waals surface area contributed by atoms with Crippen molar-refractivity contribution >= 4 is 23.9 Å². The number of carbonyl (C=O) groups excluding carboxylic acids is 4. The number of nitrogens with zero attached hydrogens (tertiary/aromatic N) is 2. The van der Waals surface area contributed by atoms with Gasteiger partial charge in [0.25, 0.3) is 0 Å². The van der Waals surface area contributed by atoms with E-state index in [-0.39, 0.29) is 83.2 Å². The molecule has 0 unspecified atom stereocenters. The van der Waals surface area contributed by atoms with Crippen LogP contribution < -0.4 is 79.5 Å². The zero-order valence-electron chi connectivity index (χ0n) is 13.4. The maximum absolute atomic E-state index is 10.4. The average Bonchev–Trinajstić information content (AvgIpc) is 2.22. The maximum Gasteiger partial charge on any atom is 1.00 e. The van der Waals surface area contributed by atoms with E-state index in [4.69, 9.17) is 0 Å². The van der Waals surface area contributed by atoms with Gasteiger partial charge in [0.1, 0.15) is 0 Å². The van der Waals surface area contributed by atoms with Gasteiger partial charge < -0.3 is 50.6 Å². The Hall–Kier alpha value is -0.280. The molecule has 0 aromatic rings. The summed E-state index contributed by atoms with van der Waals surface area (Å²) in [4.78, 5) is 43.4. The van der Waals surface area contributed by atoms with Crippen LogP contribution in [0.25, 0.3) is 0 Å². The van der Waals surface area contributed by atoms with E-state index in [0.717, 1.165) is 9.80 Å². The van der Waals surface area contributed by atoms with Crippen LogP contribution in [0, 0.1) is 0 Å². The molecule has 4 N–H and O–H groups in total. The molecule has 0 radical (unpaired) electrons. The van der Waals surface area contributed by atoms with Gasteiger partial charge in [-0.1, -0.05) is 0 Å². The molecule has 0 bridgehead atoms. The number of rotatable bonds is 11. The van der Waals surface area contributed by atoms with Crippen molar-refractivity contribution in [2.75, 3.05) is 39.3 Å². The number of aliphatic carboxylic acids is 4. The summed E-state index contributed by atoms with van der Waals surface area (Å²) in [5, 5.41) is 41.6. The topological polar surface area (TPSA) is 230 Å². The molecule has 0 aromatic carbocycles. The SMILES string of the molecule is O.O.O=C([O-])CN(CCN(CC(=O)[O-])CC(=O)[O-])CC(=O)[O-].[Na+].[Na+]. The van der Waals surface area contributed by atoms with E-state index >= 15 is 0 Å². The first kappa shape index (κ1) is 34.9. The Bertz CT molecular complexity index is 328. The second-order valence-electron chi connectivity index (χ2n) is 3.91. The molecular weight excluding hydrogens is 354 g/mol. The van der Waals surface area contributed by atoms with Gasteiger partial charge in [-0.2, -0.15) is 0 Å². The summed E-state index contributed by atoms with van der Waals surface area (Å²) >= 11 is 0. The zero-order valence-corrected chi connectivity index (χ0v) is 17.4. The third-order valence-electron chi connectivity index (χ3n) is 2.14. The average molecular weight is 370 g/mol. The van der Waals surface area contributed by atoms with Crippen molar-refractivity contribution in [3.63, 3.8) is 0 Å². The third kappa shape index (κ3) is 21.7. The van der Waals surface area contributed by atoms with E-state index in [1.807, 2.05) is 0 Å². The van der Waals surface area contributed by atoms with Crippen LogP contribution in [0.2, 0.25) is 0 Å². The van der Waals surface area contributed by atoms with E-state index in [1.54, 1.807) is 0 Å². The van der Waals surface area contributed by atoms with E-state index in [9.17, 15) is 39.6 Å². The van der Waals surface area contributed by atoms with E-state index in [2.05, 4.69) is 0 Å². The van der Waals surface area contributed by atoms with Gasteiger partial charge in [-0.3, -0.25) is 9.80 Å². The van der Waals surface area contributed by atoms with Gasteiger partial charge in [0.15, 0.2) is 0 Å². The Balaban J connectivity index is -0.000000301. The monoisotopic (exact) mass is 370 g/mol. The predicted octanol–water partition coefficient (Wildman–Crippen LogP) is -15.1. The molecule has 0 rings (SSSR count). The fraction of sp³-hybridized carbons (Fsp3) is 0.600. The molecule has 0 atom stereocenters. The fourth-order valence-electron chi connectivity index (χ4n) is 1.44. The van der Waals surface area contributed by atoms with Crippen LogP contribution >= 0.6 is 0 Å². The molecule has 0 heterocycles. The molecule has 0 amide bonds. The van der Waals surface area contributed by atoms with Gasteiger partial charge in [-0.05, 0) is 0 Å². The van der Waals surface area contributed by atoms with Gasteiger partial charge in [-0.15, -0.1) is 0 Å². The summed E-state index contributed by atoms with van der Waals surface area (Å²) in [6.45, 7) is -3.25. The number of carboxylic acid groups (broad SMARTS) is 4. The van der Waals surface area contributed by atoms with E-state index < -0.39 is 50.1 Å². The van der Waals surface area contributed by atoms with Crippen LogP contribution in [0.4, 0.5) is 0 Å². The van der Waals surface area contributed by atoms with E-state index in [0.29, 0.717) is 0 Å². The Morgan fingerprint density at radius 1 is 0.542 bits per heavy atom.